The second-order valence-electron chi connectivity index (χ2n) is 6.06. The molecular weight excluding hydrogens is 290 g/mol. The Kier molecular flexibility index (Phi) is 3.10. The van der Waals surface area contributed by atoms with E-state index >= 15 is 0 Å². The molecule has 3 aliphatic heterocycles. The Morgan fingerprint density at radius 1 is 1.29 bits per heavy atom. The smallest absolute Gasteiger partial charge is 0.257 e. The van der Waals surface area contributed by atoms with Gasteiger partial charge in [-0.2, -0.15) is 0 Å². The van der Waals surface area contributed by atoms with Crippen LogP contribution in [0.4, 0.5) is 11.4 Å². The fourth-order valence-corrected chi connectivity index (χ4v) is 4.00. The highest BCUT2D eigenvalue weighted by atomic mass is 35.5. The van der Waals surface area contributed by atoms with Gasteiger partial charge in [0.25, 0.3) is 5.91 Å². The molecule has 0 aliphatic carbocycles. The van der Waals surface area contributed by atoms with Crippen molar-refractivity contribution < 1.29 is 9.90 Å². The van der Waals surface area contributed by atoms with Crippen LogP contribution in [0.1, 0.15) is 24.5 Å². The number of nitrogens with one attached hydrogen (secondary N) is 1. The van der Waals surface area contributed by atoms with Crippen LogP contribution in [0.5, 0.6) is 0 Å². The molecule has 4 rings (SSSR count). The molecule has 1 aromatic rings. The molecule has 0 bridgehead atoms. The van der Waals surface area contributed by atoms with E-state index in [9.17, 15) is 9.90 Å². The van der Waals surface area contributed by atoms with Crippen molar-refractivity contribution >= 4 is 28.9 Å². The molecule has 112 valence electrons. The van der Waals surface area contributed by atoms with Crippen molar-refractivity contribution in [2.45, 2.75) is 25.0 Å². The number of benzene rings is 1. The maximum absolute atomic E-state index is 11.6. The largest absolute Gasteiger partial charge is 0.378 e. The van der Waals surface area contributed by atoms with Crippen LogP contribution in [0.25, 0.3) is 0 Å². The molecule has 2 N–H and O–H groups in total. The summed E-state index contributed by atoms with van der Waals surface area (Å²) in [6, 6.07) is 4.23. The molecule has 1 aromatic carbocycles. The summed E-state index contributed by atoms with van der Waals surface area (Å²) in [6.07, 6.45) is 1.42. The average molecular weight is 308 g/mol. The van der Waals surface area contributed by atoms with Crippen LogP contribution >= 0.6 is 11.6 Å². The van der Waals surface area contributed by atoms with E-state index < -0.39 is 6.10 Å². The molecule has 6 heteroatoms. The predicted molar refractivity (Wildman–Crippen MR) is 81.8 cm³/mol. The zero-order valence-corrected chi connectivity index (χ0v) is 12.4. The van der Waals surface area contributed by atoms with Crippen LogP contribution in [0.2, 0.25) is 5.02 Å². The number of aliphatic hydroxyl groups is 1. The Hall–Kier alpha value is -1.30. The van der Waals surface area contributed by atoms with Crippen LogP contribution in [-0.4, -0.2) is 48.1 Å². The highest BCUT2D eigenvalue weighted by Crippen LogP contribution is 2.39. The summed E-state index contributed by atoms with van der Waals surface area (Å²) >= 11 is 6.39. The zero-order valence-electron chi connectivity index (χ0n) is 11.7. The fraction of sp³-hybridized carbons (Fsp3) is 0.533. The minimum atomic E-state index is -1.10. The van der Waals surface area contributed by atoms with Crippen molar-refractivity contribution in [1.82, 2.24) is 4.90 Å². The SMILES string of the molecule is O=C1Nc2cc(N3CCN4CCCC4C3)c(Cl)cc2C1O. The molecular formula is C15H18ClN3O2. The van der Waals surface area contributed by atoms with Crippen LogP contribution < -0.4 is 10.2 Å². The van der Waals surface area contributed by atoms with Crippen molar-refractivity contribution in [3.63, 3.8) is 0 Å². The third-order valence-corrected chi connectivity index (χ3v) is 5.15. The maximum Gasteiger partial charge on any atom is 0.257 e. The maximum atomic E-state index is 11.6. The van der Waals surface area contributed by atoms with Crippen LogP contribution in [0, 0.1) is 0 Å². The van der Waals surface area contributed by atoms with Crippen LogP contribution in [0.3, 0.4) is 0 Å². The number of aliphatic hydroxyl groups excluding tert-OH is 1. The van der Waals surface area contributed by atoms with Gasteiger partial charge < -0.3 is 15.3 Å². The van der Waals surface area contributed by atoms with Crippen molar-refractivity contribution in [2.24, 2.45) is 0 Å². The van der Waals surface area contributed by atoms with Gasteiger partial charge in [-0.15, -0.1) is 0 Å². The minimum Gasteiger partial charge on any atom is -0.378 e. The summed E-state index contributed by atoms with van der Waals surface area (Å²) in [4.78, 5) is 16.4. The van der Waals surface area contributed by atoms with E-state index in [2.05, 4.69) is 15.1 Å². The number of hydrogen-bond donors (Lipinski definition) is 2. The number of rotatable bonds is 1. The van der Waals surface area contributed by atoms with Gasteiger partial charge in [-0.25, -0.2) is 0 Å². The molecule has 2 fully saturated rings. The third kappa shape index (κ3) is 2.11. The minimum absolute atomic E-state index is 0.376. The van der Waals surface area contributed by atoms with Crippen molar-refractivity contribution in [3.05, 3.63) is 22.7 Å². The Morgan fingerprint density at radius 2 is 2.14 bits per heavy atom. The summed E-state index contributed by atoms with van der Waals surface area (Å²) in [7, 11) is 0. The third-order valence-electron chi connectivity index (χ3n) is 4.85. The first-order chi connectivity index (χ1) is 10.1. The van der Waals surface area contributed by atoms with Gasteiger partial charge in [0.15, 0.2) is 6.10 Å². The fourth-order valence-electron chi connectivity index (χ4n) is 3.71. The summed E-state index contributed by atoms with van der Waals surface area (Å²) < 4.78 is 0. The molecule has 3 aliphatic rings. The van der Waals surface area contributed by atoms with Gasteiger partial charge in [0.1, 0.15) is 0 Å². The van der Waals surface area contributed by atoms with E-state index in [-0.39, 0.29) is 5.91 Å². The van der Waals surface area contributed by atoms with Crippen LogP contribution in [-0.2, 0) is 4.79 Å². The Balaban J connectivity index is 1.64. The number of fused-ring (bicyclic) bond motifs is 2. The number of anilines is 2. The molecule has 0 aromatic heterocycles. The van der Waals surface area contributed by atoms with E-state index in [4.69, 9.17) is 11.6 Å². The Bertz CT molecular complexity index is 607. The number of piperazine rings is 1. The highest BCUT2D eigenvalue weighted by Gasteiger charge is 2.33. The number of halogens is 1. The van der Waals surface area contributed by atoms with Crippen molar-refractivity contribution in [3.8, 4) is 0 Å². The lowest BCUT2D eigenvalue weighted by atomic mass is 10.1. The topological polar surface area (TPSA) is 55.8 Å². The van der Waals surface area contributed by atoms with Crippen molar-refractivity contribution in [2.75, 3.05) is 36.4 Å². The number of nitrogens with zero attached hydrogens (tertiary/aromatic N) is 2. The average Bonchev–Trinajstić information content (AvgIpc) is 3.04. The summed E-state index contributed by atoms with van der Waals surface area (Å²) in [5.41, 5.74) is 2.21. The van der Waals surface area contributed by atoms with E-state index in [1.165, 1.54) is 19.4 Å². The second kappa shape index (κ2) is 4.87. The number of carbonyl (C=O) groups excluding carboxylic acids is 1. The van der Waals surface area contributed by atoms with E-state index in [0.717, 1.165) is 25.3 Å². The van der Waals surface area contributed by atoms with Crippen molar-refractivity contribution in [1.29, 1.82) is 0 Å². The highest BCUT2D eigenvalue weighted by molar-refractivity contribution is 6.33. The number of amides is 1. The molecule has 0 spiro atoms. The van der Waals surface area contributed by atoms with Gasteiger partial charge in [0, 0.05) is 36.9 Å². The molecule has 2 saturated heterocycles. The zero-order chi connectivity index (χ0) is 14.6. The molecule has 3 heterocycles. The van der Waals surface area contributed by atoms with Crippen LogP contribution in [0.15, 0.2) is 12.1 Å². The quantitative estimate of drug-likeness (QED) is 0.828. The molecule has 2 atom stereocenters. The van der Waals surface area contributed by atoms with Gasteiger partial charge in [-0.05, 0) is 31.5 Å². The predicted octanol–water partition coefficient (Wildman–Crippen LogP) is 1.61. The lowest BCUT2D eigenvalue weighted by Crippen LogP contribution is -2.50. The Morgan fingerprint density at radius 3 is 3.00 bits per heavy atom. The first kappa shape index (κ1) is 13.4. The summed E-state index contributed by atoms with van der Waals surface area (Å²) in [5, 5.41) is 13.1. The van der Waals surface area contributed by atoms with E-state index in [1.807, 2.05) is 6.07 Å². The molecule has 0 radical (unpaired) electrons. The molecule has 0 saturated carbocycles. The van der Waals surface area contributed by atoms with Gasteiger partial charge >= 0.3 is 0 Å². The van der Waals surface area contributed by atoms with Gasteiger partial charge in [0.2, 0.25) is 0 Å². The second-order valence-corrected chi connectivity index (χ2v) is 6.47. The lowest BCUT2D eigenvalue weighted by Gasteiger charge is -2.39. The number of hydrogen-bond acceptors (Lipinski definition) is 4. The van der Waals surface area contributed by atoms with Gasteiger partial charge in [-0.3, -0.25) is 9.69 Å². The molecule has 2 unspecified atom stereocenters. The number of carbonyl (C=O) groups is 1. The first-order valence-corrected chi connectivity index (χ1v) is 7.82. The van der Waals surface area contributed by atoms with Gasteiger partial charge in [0.05, 0.1) is 10.7 Å². The molecule has 1 amide bonds. The standard InChI is InChI=1S/C15H18ClN3O2/c16-11-6-10-12(17-15(21)14(10)20)7-13(11)19-5-4-18-3-1-2-9(18)8-19/h6-7,9,14,20H,1-5,8H2,(H,17,21). The van der Waals surface area contributed by atoms with E-state index in [0.29, 0.717) is 22.3 Å². The lowest BCUT2D eigenvalue weighted by molar-refractivity contribution is -0.123. The summed E-state index contributed by atoms with van der Waals surface area (Å²) in [6.45, 7) is 4.20. The first-order valence-electron chi connectivity index (χ1n) is 7.45. The van der Waals surface area contributed by atoms with Gasteiger partial charge in [-0.1, -0.05) is 11.6 Å². The normalized spacial score (nSPS) is 28.5. The summed E-state index contributed by atoms with van der Waals surface area (Å²) in [5.74, 6) is -0.376. The van der Waals surface area contributed by atoms with E-state index in [1.54, 1.807) is 6.07 Å². The molecule has 5 nitrogen and oxygen atoms in total. The monoisotopic (exact) mass is 307 g/mol. The molecule has 21 heavy (non-hydrogen) atoms. The Labute approximate surface area is 128 Å².